The molecule has 2 nitrogen and oxygen atoms in total. The Labute approximate surface area is 79.5 Å². The maximum absolute atomic E-state index is 5.62. The molecule has 1 atom stereocenters. The van der Waals surface area contributed by atoms with Gasteiger partial charge in [-0.3, -0.25) is 0 Å². The molecular formula is C11H16O2. The van der Waals surface area contributed by atoms with Crippen LogP contribution in [0.25, 0.3) is 0 Å². The number of methoxy groups -OCH3 is 1. The second-order valence-corrected chi connectivity index (χ2v) is 3.01. The largest absolute Gasteiger partial charge is 0.489 e. The van der Waals surface area contributed by atoms with Gasteiger partial charge < -0.3 is 9.47 Å². The summed E-state index contributed by atoms with van der Waals surface area (Å²) in [4.78, 5) is 0. The highest BCUT2D eigenvalue weighted by atomic mass is 16.5. The van der Waals surface area contributed by atoms with Crippen molar-refractivity contribution in [1.29, 1.82) is 0 Å². The monoisotopic (exact) mass is 180 g/mol. The molecule has 0 fully saturated rings. The van der Waals surface area contributed by atoms with Gasteiger partial charge in [-0.25, -0.2) is 0 Å². The SMILES string of the molecule is COCC(C)OC1=CCC=CC=C1. The van der Waals surface area contributed by atoms with Crippen LogP contribution < -0.4 is 0 Å². The first-order chi connectivity index (χ1) is 6.33. The summed E-state index contributed by atoms with van der Waals surface area (Å²) in [5.74, 6) is 0.926. The van der Waals surface area contributed by atoms with Crippen LogP contribution in [0.15, 0.2) is 36.1 Å². The Bertz CT molecular complexity index is 226. The van der Waals surface area contributed by atoms with E-state index in [1.807, 2.05) is 25.2 Å². The van der Waals surface area contributed by atoms with Crippen LogP contribution in [-0.2, 0) is 9.47 Å². The lowest BCUT2D eigenvalue weighted by molar-refractivity contribution is 0.0530. The Morgan fingerprint density at radius 1 is 1.46 bits per heavy atom. The molecule has 0 N–H and O–H groups in total. The summed E-state index contributed by atoms with van der Waals surface area (Å²) in [7, 11) is 1.68. The van der Waals surface area contributed by atoms with Crippen molar-refractivity contribution in [1.82, 2.24) is 0 Å². The van der Waals surface area contributed by atoms with E-state index >= 15 is 0 Å². The van der Waals surface area contributed by atoms with Crippen molar-refractivity contribution in [2.45, 2.75) is 19.4 Å². The molecule has 1 unspecified atom stereocenters. The van der Waals surface area contributed by atoms with Gasteiger partial charge in [0.25, 0.3) is 0 Å². The number of hydrogen-bond donors (Lipinski definition) is 0. The lowest BCUT2D eigenvalue weighted by Gasteiger charge is -2.13. The summed E-state index contributed by atoms with van der Waals surface area (Å²) in [6.07, 6.45) is 11.2. The van der Waals surface area contributed by atoms with Gasteiger partial charge in [0, 0.05) is 7.11 Å². The van der Waals surface area contributed by atoms with E-state index in [2.05, 4.69) is 12.2 Å². The highest BCUT2D eigenvalue weighted by molar-refractivity contribution is 5.22. The third-order valence-corrected chi connectivity index (χ3v) is 1.70. The van der Waals surface area contributed by atoms with Gasteiger partial charge in [-0.1, -0.05) is 18.2 Å². The smallest absolute Gasteiger partial charge is 0.119 e. The van der Waals surface area contributed by atoms with Crippen molar-refractivity contribution in [3.63, 3.8) is 0 Å². The van der Waals surface area contributed by atoms with E-state index in [1.165, 1.54) is 0 Å². The fraction of sp³-hybridized carbons (Fsp3) is 0.455. The molecule has 0 bridgehead atoms. The predicted molar refractivity (Wildman–Crippen MR) is 53.4 cm³/mol. The van der Waals surface area contributed by atoms with E-state index in [0.717, 1.165) is 12.2 Å². The fourth-order valence-electron chi connectivity index (χ4n) is 1.15. The topological polar surface area (TPSA) is 18.5 Å². The zero-order valence-corrected chi connectivity index (χ0v) is 8.19. The van der Waals surface area contributed by atoms with Gasteiger partial charge in [0.1, 0.15) is 11.9 Å². The van der Waals surface area contributed by atoms with Crippen molar-refractivity contribution in [2.75, 3.05) is 13.7 Å². The first-order valence-electron chi connectivity index (χ1n) is 4.52. The molecule has 1 aliphatic rings. The summed E-state index contributed by atoms with van der Waals surface area (Å²) in [5, 5.41) is 0. The van der Waals surface area contributed by atoms with Crippen molar-refractivity contribution in [3.05, 3.63) is 36.1 Å². The number of ether oxygens (including phenoxy) is 2. The molecule has 0 aliphatic heterocycles. The van der Waals surface area contributed by atoms with Crippen LogP contribution in [0.1, 0.15) is 13.3 Å². The first-order valence-corrected chi connectivity index (χ1v) is 4.52. The van der Waals surface area contributed by atoms with E-state index in [0.29, 0.717) is 6.61 Å². The normalized spacial score (nSPS) is 17.8. The van der Waals surface area contributed by atoms with E-state index in [4.69, 9.17) is 9.47 Å². The zero-order valence-electron chi connectivity index (χ0n) is 8.19. The Kier molecular flexibility index (Phi) is 4.33. The molecule has 1 rings (SSSR count). The van der Waals surface area contributed by atoms with E-state index < -0.39 is 0 Å². The summed E-state index contributed by atoms with van der Waals surface area (Å²) in [6, 6.07) is 0. The molecule has 0 amide bonds. The van der Waals surface area contributed by atoms with Crippen LogP contribution in [0.4, 0.5) is 0 Å². The van der Waals surface area contributed by atoms with Crippen molar-refractivity contribution in [3.8, 4) is 0 Å². The van der Waals surface area contributed by atoms with Gasteiger partial charge in [-0.15, -0.1) is 0 Å². The molecule has 0 spiro atoms. The van der Waals surface area contributed by atoms with Crippen LogP contribution in [0.2, 0.25) is 0 Å². The molecule has 0 heterocycles. The maximum atomic E-state index is 5.62. The molecule has 13 heavy (non-hydrogen) atoms. The predicted octanol–water partition coefficient (Wildman–Crippen LogP) is 2.44. The Morgan fingerprint density at radius 2 is 2.31 bits per heavy atom. The van der Waals surface area contributed by atoms with Gasteiger partial charge in [0.05, 0.1) is 6.61 Å². The van der Waals surface area contributed by atoms with Crippen molar-refractivity contribution in [2.24, 2.45) is 0 Å². The molecule has 0 aromatic rings. The Hall–Kier alpha value is -1.02. The average molecular weight is 180 g/mol. The molecule has 0 saturated carbocycles. The highest BCUT2D eigenvalue weighted by Gasteiger charge is 2.03. The molecule has 72 valence electrons. The van der Waals surface area contributed by atoms with Crippen LogP contribution in [0, 0.1) is 0 Å². The van der Waals surface area contributed by atoms with Crippen LogP contribution in [0.5, 0.6) is 0 Å². The lowest BCUT2D eigenvalue weighted by Crippen LogP contribution is -2.13. The number of allylic oxidation sites excluding steroid dienone is 5. The van der Waals surface area contributed by atoms with Crippen LogP contribution in [-0.4, -0.2) is 19.8 Å². The Morgan fingerprint density at radius 3 is 3.08 bits per heavy atom. The molecule has 0 radical (unpaired) electrons. The van der Waals surface area contributed by atoms with E-state index in [9.17, 15) is 0 Å². The average Bonchev–Trinajstić information content (AvgIpc) is 2.33. The minimum Gasteiger partial charge on any atom is -0.489 e. The molecular weight excluding hydrogens is 164 g/mol. The molecule has 2 heteroatoms. The summed E-state index contributed by atoms with van der Waals surface area (Å²) in [6.45, 7) is 2.62. The second-order valence-electron chi connectivity index (χ2n) is 3.01. The molecule has 0 aromatic heterocycles. The van der Waals surface area contributed by atoms with Gasteiger partial charge in [0.2, 0.25) is 0 Å². The standard InChI is InChI=1S/C11H16O2/c1-10(9-12-2)13-11-7-5-3-4-6-8-11/h3-5,7-8,10H,6,9H2,1-2H3. The third-order valence-electron chi connectivity index (χ3n) is 1.70. The summed E-state index contributed by atoms with van der Waals surface area (Å²) < 4.78 is 10.6. The molecule has 1 aliphatic carbocycles. The summed E-state index contributed by atoms with van der Waals surface area (Å²) >= 11 is 0. The van der Waals surface area contributed by atoms with Crippen molar-refractivity contribution >= 4 is 0 Å². The minimum absolute atomic E-state index is 0.110. The highest BCUT2D eigenvalue weighted by Crippen LogP contribution is 2.09. The van der Waals surface area contributed by atoms with Gasteiger partial charge >= 0.3 is 0 Å². The molecule has 0 aromatic carbocycles. The van der Waals surface area contributed by atoms with Crippen LogP contribution in [0.3, 0.4) is 0 Å². The maximum Gasteiger partial charge on any atom is 0.119 e. The first kappa shape index (κ1) is 10.1. The summed E-state index contributed by atoms with van der Waals surface area (Å²) in [5.41, 5.74) is 0. The molecule has 0 saturated heterocycles. The quantitative estimate of drug-likeness (QED) is 0.661. The van der Waals surface area contributed by atoms with E-state index in [1.54, 1.807) is 7.11 Å². The van der Waals surface area contributed by atoms with E-state index in [-0.39, 0.29) is 6.10 Å². The lowest BCUT2D eigenvalue weighted by atomic mass is 10.3. The minimum atomic E-state index is 0.110. The van der Waals surface area contributed by atoms with Gasteiger partial charge in [-0.05, 0) is 25.5 Å². The number of rotatable bonds is 4. The zero-order chi connectivity index (χ0) is 9.52. The Balaban J connectivity index is 2.39. The van der Waals surface area contributed by atoms with Gasteiger partial charge in [0.15, 0.2) is 0 Å². The second kappa shape index (κ2) is 5.60. The van der Waals surface area contributed by atoms with Crippen molar-refractivity contribution < 1.29 is 9.47 Å². The number of hydrogen-bond acceptors (Lipinski definition) is 2. The van der Waals surface area contributed by atoms with Crippen LogP contribution >= 0.6 is 0 Å². The third kappa shape index (κ3) is 3.95. The van der Waals surface area contributed by atoms with Gasteiger partial charge in [-0.2, -0.15) is 0 Å². The fourth-order valence-corrected chi connectivity index (χ4v) is 1.15.